The smallest absolute Gasteiger partial charge is 0.294 e. The summed E-state index contributed by atoms with van der Waals surface area (Å²) >= 11 is 1.06. The summed E-state index contributed by atoms with van der Waals surface area (Å²) in [6.07, 6.45) is 0.349. The zero-order valence-corrected chi connectivity index (χ0v) is 16.5. The lowest BCUT2D eigenvalue weighted by Crippen LogP contribution is -2.34. The second-order valence-corrected chi connectivity index (χ2v) is 7.36. The summed E-state index contributed by atoms with van der Waals surface area (Å²) in [5, 5.41) is 11.1. The van der Waals surface area contributed by atoms with Crippen molar-refractivity contribution in [2.24, 2.45) is 0 Å². The Bertz CT molecular complexity index is 1050. The Morgan fingerprint density at radius 1 is 1.11 bits per heavy atom. The van der Waals surface area contributed by atoms with Gasteiger partial charge < -0.3 is 11.2 Å². The van der Waals surface area contributed by atoms with Gasteiger partial charge in [-0.1, -0.05) is 59.8 Å². The Hall–Kier alpha value is -3.13. The van der Waals surface area contributed by atoms with Gasteiger partial charge in [0.25, 0.3) is 5.56 Å². The van der Waals surface area contributed by atoms with Crippen LogP contribution in [-0.2, 0) is 11.2 Å². The molecule has 0 atom stereocenters. The molecule has 0 aliphatic rings. The normalized spacial score (nSPS) is 10.6. The van der Waals surface area contributed by atoms with Crippen LogP contribution in [0.2, 0.25) is 0 Å². The number of para-hydroxylation sites is 1. The zero-order valence-electron chi connectivity index (χ0n) is 15.7. The van der Waals surface area contributed by atoms with E-state index in [0.717, 1.165) is 38.8 Å². The highest BCUT2D eigenvalue weighted by Gasteiger charge is 2.13. The standard InChI is InChI=1S/C20H21N5O2S/c1-13-7-9-15(10-8-13)11-17-19(27)25(21)20(24-23-17)28-12-18(26)22-16-6-4-3-5-14(16)2/h3-10H,11-12,21H2,1-2H3,(H,22,26). The van der Waals surface area contributed by atoms with Crippen molar-refractivity contribution < 1.29 is 4.79 Å². The number of carbonyl (C=O) groups is 1. The fourth-order valence-corrected chi connectivity index (χ4v) is 3.21. The number of thioether (sulfide) groups is 1. The molecular formula is C20H21N5O2S. The topological polar surface area (TPSA) is 103 Å². The molecular weight excluding hydrogens is 374 g/mol. The molecule has 0 aliphatic heterocycles. The number of nitrogen functional groups attached to an aromatic ring is 1. The lowest BCUT2D eigenvalue weighted by atomic mass is 10.1. The molecule has 0 unspecified atom stereocenters. The number of carbonyl (C=O) groups excluding carboxylic acids is 1. The van der Waals surface area contributed by atoms with E-state index in [4.69, 9.17) is 5.84 Å². The van der Waals surface area contributed by atoms with Crippen molar-refractivity contribution in [3.63, 3.8) is 0 Å². The van der Waals surface area contributed by atoms with Gasteiger partial charge in [0.2, 0.25) is 11.1 Å². The molecule has 0 radical (unpaired) electrons. The SMILES string of the molecule is Cc1ccc(Cc2nnc(SCC(=O)Nc3ccccc3C)n(N)c2=O)cc1. The van der Waals surface area contributed by atoms with E-state index in [1.807, 2.05) is 62.4 Å². The average Bonchev–Trinajstić information content (AvgIpc) is 2.68. The first-order chi connectivity index (χ1) is 13.4. The molecule has 3 N–H and O–H groups in total. The van der Waals surface area contributed by atoms with E-state index in [1.54, 1.807) is 0 Å². The minimum Gasteiger partial charge on any atom is -0.334 e. The number of benzene rings is 2. The predicted molar refractivity (Wildman–Crippen MR) is 111 cm³/mol. The second kappa shape index (κ2) is 8.71. The van der Waals surface area contributed by atoms with Gasteiger partial charge in [-0.2, -0.15) is 4.68 Å². The van der Waals surface area contributed by atoms with Gasteiger partial charge in [0.15, 0.2) is 0 Å². The van der Waals surface area contributed by atoms with Gasteiger partial charge in [0, 0.05) is 12.1 Å². The summed E-state index contributed by atoms with van der Waals surface area (Å²) < 4.78 is 0.947. The molecule has 1 aromatic heterocycles. The molecule has 0 bridgehead atoms. The van der Waals surface area contributed by atoms with Crippen molar-refractivity contribution in [2.75, 3.05) is 16.9 Å². The van der Waals surface area contributed by atoms with Gasteiger partial charge >= 0.3 is 0 Å². The summed E-state index contributed by atoms with van der Waals surface area (Å²) in [5.41, 5.74) is 3.66. The molecule has 28 heavy (non-hydrogen) atoms. The van der Waals surface area contributed by atoms with Crippen molar-refractivity contribution in [1.29, 1.82) is 0 Å². The largest absolute Gasteiger partial charge is 0.334 e. The van der Waals surface area contributed by atoms with Gasteiger partial charge in [-0.25, -0.2) is 0 Å². The maximum Gasteiger partial charge on any atom is 0.294 e. The molecule has 7 nitrogen and oxygen atoms in total. The predicted octanol–water partition coefficient (Wildman–Crippen LogP) is 2.29. The molecule has 0 spiro atoms. The van der Waals surface area contributed by atoms with Crippen LogP contribution < -0.4 is 16.7 Å². The van der Waals surface area contributed by atoms with Gasteiger partial charge in [0.05, 0.1) is 5.75 Å². The van der Waals surface area contributed by atoms with Crippen LogP contribution in [0.4, 0.5) is 5.69 Å². The Labute approximate surface area is 167 Å². The number of nitrogens with two attached hydrogens (primary N) is 1. The first-order valence-electron chi connectivity index (χ1n) is 8.71. The number of anilines is 1. The van der Waals surface area contributed by atoms with E-state index in [2.05, 4.69) is 15.5 Å². The highest BCUT2D eigenvalue weighted by Crippen LogP contribution is 2.16. The number of rotatable bonds is 6. The van der Waals surface area contributed by atoms with E-state index < -0.39 is 5.56 Å². The van der Waals surface area contributed by atoms with Crippen LogP contribution in [-0.4, -0.2) is 26.5 Å². The number of aryl methyl sites for hydroxylation is 2. The van der Waals surface area contributed by atoms with Crippen LogP contribution in [0.5, 0.6) is 0 Å². The maximum absolute atomic E-state index is 12.5. The summed E-state index contributed by atoms with van der Waals surface area (Å²) in [6.45, 7) is 3.91. The molecule has 1 amide bonds. The van der Waals surface area contributed by atoms with E-state index in [-0.39, 0.29) is 22.5 Å². The number of aromatic nitrogens is 3. The molecule has 1 heterocycles. The number of nitrogens with one attached hydrogen (secondary N) is 1. The first-order valence-corrected chi connectivity index (χ1v) is 9.70. The number of hydrogen-bond acceptors (Lipinski definition) is 6. The van der Waals surface area contributed by atoms with Crippen molar-refractivity contribution in [3.8, 4) is 0 Å². The van der Waals surface area contributed by atoms with Crippen LogP contribution in [0.15, 0.2) is 58.5 Å². The van der Waals surface area contributed by atoms with E-state index >= 15 is 0 Å². The fraction of sp³-hybridized carbons (Fsp3) is 0.200. The molecule has 144 valence electrons. The number of nitrogens with zero attached hydrogens (tertiary/aromatic N) is 3. The van der Waals surface area contributed by atoms with Gasteiger partial charge in [-0.15, -0.1) is 10.2 Å². The Kier molecular flexibility index (Phi) is 6.10. The summed E-state index contributed by atoms with van der Waals surface area (Å²) in [4.78, 5) is 24.6. The molecule has 8 heteroatoms. The third-order valence-corrected chi connectivity index (χ3v) is 5.11. The van der Waals surface area contributed by atoms with Crippen molar-refractivity contribution in [1.82, 2.24) is 14.9 Å². The van der Waals surface area contributed by atoms with Crippen LogP contribution in [0.25, 0.3) is 0 Å². The Balaban J connectivity index is 1.65. The molecule has 0 saturated heterocycles. The van der Waals surface area contributed by atoms with Crippen molar-refractivity contribution in [2.45, 2.75) is 25.4 Å². The third-order valence-electron chi connectivity index (χ3n) is 4.17. The Morgan fingerprint density at radius 2 is 1.82 bits per heavy atom. The van der Waals surface area contributed by atoms with Crippen LogP contribution >= 0.6 is 11.8 Å². The number of amides is 1. The van der Waals surface area contributed by atoms with E-state index in [1.165, 1.54) is 0 Å². The van der Waals surface area contributed by atoms with Crippen LogP contribution in [0.3, 0.4) is 0 Å². The highest BCUT2D eigenvalue weighted by molar-refractivity contribution is 7.99. The average molecular weight is 395 g/mol. The van der Waals surface area contributed by atoms with E-state index in [0.29, 0.717) is 6.42 Å². The fourth-order valence-electron chi connectivity index (χ4n) is 2.56. The van der Waals surface area contributed by atoms with Gasteiger partial charge in [-0.05, 0) is 31.0 Å². The lowest BCUT2D eigenvalue weighted by molar-refractivity contribution is -0.113. The van der Waals surface area contributed by atoms with E-state index in [9.17, 15) is 9.59 Å². The molecule has 3 aromatic rings. The zero-order chi connectivity index (χ0) is 20.1. The third kappa shape index (κ3) is 4.77. The lowest BCUT2D eigenvalue weighted by Gasteiger charge is -2.09. The van der Waals surface area contributed by atoms with Gasteiger partial charge in [0.1, 0.15) is 5.69 Å². The first kappa shape index (κ1) is 19.6. The van der Waals surface area contributed by atoms with Crippen molar-refractivity contribution in [3.05, 3.63) is 81.3 Å². The van der Waals surface area contributed by atoms with Crippen molar-refractivity contribution >= 4 is 23.4 Å². The molecule has 3 rings (SSSR count). The van der Waals surface area contributed by atoms with Gasteiger partial charge in [-0.3, -0.25) is 9.59 Å². The quantitative estimate of drug-likeness (QED) is 0.490. The monoisotopic (exact) mass is 395 g/mol. The highest BCUT2D eigenvalue weighted by atomic mass is 32.2. The van der Waals surface area contributed by atoms with Crippen LogP contribution in [0, 0.1) is 13.8 Å². The molecule has 0 fully saturated rings. The molecule has 2 aromatic carbocycles. The molecule has 0 saturated carbocycles. The summed E-state index contributed by atoms with van der Waals surface area (Å²) in [7, 11) is 0. The Morgan fingerprint density at radius 3 is 2.54 bits per heavy atom. The minimum atomic E-state index is -0.419. The summed E-state index contributed by atoms with van der Waals surface area (Å²) in [5.74, 6) is 5.73. The maximum atomic E-state index is 12.5. The summed E-state index contributed by atoms with van der Waals surface area (Å²) in [6, 6.07) is 15.3. The molecule has 0 aliphatic carbocycles. The van der Waals surface area contributed by atoms with Crippen LogP contribution in [0.1, 0.15) is 22.4 Å². The second-order valence-electron chi connectivity index (χ2n) is 6.42. The number of hydrogen-bond donors (Lipinski definition) is 2. The minimum absolute atomic E-state index is 0.0664.